The summed E-state index contributed by atoms with van der Waals surface area (Å²) in [6, 6.07) is 9.35. The highest BCUT2D eigenvalue weighted by molar-refractivity contribution is 6.05. The van der Waals surface area contributed by atoms with E-state index in [1.54, 1.807) is 25.1 Å². The molecule has 36 heavy (non-hydrogen) atoms. The van der Waals surface area contributed by atoms with Crippen LogP contribution in [0.3, 0.4) is 0 Å². The van der Waals surface area contributed by atoms with Crippen LogP contribution < -0.4 is 4.74 Å². The number of ether oxygens (including phenoxy) is 1. The Kier molecular flexibility index (Phi) is 7.09. The third-order valence-corrected chi connectivity index (χ3v) is 7.97. The number of hydrogen-bond donors (Lipinski definition) is 0. The van der Waals surface area contributed by atoms with Gasteiger partial charge in [0.15, 0.2) is 23.2 Å². The highest BCUT2D eigenvalue weighted by Gasteiger charge is 2.34. The predicted molar refractivity (Wildman–Crippen MR) is 136 cm³/mol. The van der Waals surface area contributed by atoms with Crippen LogP contribution in [0.4, 0.5) is 17.6 Å². The molecule has 0 aliphatic heterocycles. The lowest BCUT2D eigenvalue weighted by Gasteiger charge is -2.29. The van der Waals surface area contributed by atoms with Crippen LogP contribution >= 0.6 is 0 Å². The Labute approximate surface area is 210 Å². The van der Waals surface area contributed by atoms with Crippen molar-refractivity contribution in [3.8, 4) is 39.1 Å². The van der Waals surface area contributed by atoms with Crippen LogP contribution in [-0.2, 0) is 0 Å². The van der Waals surface area contributed by atoms with E-state index in [0.717, 1.165) is 31.6 Å². The fourth-order valence-electron chi connectivity index (χ4n) is 5.99. The van der Waals surface area contributed by atoms with E-state index in [0.29, 0.717) is 16.7 Å². The maximum atomic E-state index is 15.2. The molecule has 5 rings (SSSR count). The SMILES string of the molecule is CCCCCC1CCC(c2ccc(-c3cc4c(c(F)c3F)-c3c-4ccc(OCC)c3F)cc2F)CC1. The van der Waals surface area contributed by atoms with E-state index in [4.69, 9.17) is 4.74 Å². The fourth-order valence-corrected chi connectivity index (χ4v) is 5.99. The van der Waals surface area contributed by atoms with Crippen molar-refractivity contribution in [2.75, 3.05) is 6.61 Å². The van der Waals surface area contributed by atoms with Gasteiger partial charge in [0.2, 0.25) is 0 Å². The summed E-state index contributed by atoms with van der Waals surface area (Å²) >= 11 is 0. The van der Waals surface area contributed by atoms with Gasteiger partial charge in [0.1, 0.15) is 5.82 Å². The first kappa shape index (κ1) is 24.9. The summed E-state index contributed by atoms with van der Waals surface area (Å²) in [5.74, 6) is -2.38. The standard InChI is InChI=1S/C31H32F4O/c1-3-5-6-7-18-8-10-19(11-9-18)21-13-12-20(16-25(21)32)23-17-24-22-14-15-26(36-4-2)30(34)27(22)28(24)31(35)29(23)33/h12-19H,3-11H2,1-2H3. The van der Waals surface area contributed by atoms with E-state index in [9.17, 15) is 4.39 Å². The van der Waals surface area contributed by atoms with Gasteiger partial charge < -0.3 is 4.74 Å². The summed E-state index contributed by atoms with van der Waals surface area (Å²) in [7, 11) is 0. The van der Waals surface area contributed by atoms with Crippen molar-refractivity contribution < 1.29 is 22.3 Å². The van der Waals surface area contributed by atoms with Crippen LogP contribution in [0, 0.1) is 29.2 Å². The van der Waals surface area contributed by atoms with Crippen molar-refractivity contribution in [2.45, 2.75) is 71.1 Å². The molecule has 5 heteroatoms. The highest BCUT2D eigenvalue weighted by Crippen LogP contribution is 2.53. The molecule has 0 heterocycles. The van der Waals surface area contributed by atoms with Gasteiger partial charge in [-0.1, -0.05) is 44.7 Å². The van der Waals surface area contributed by atoms with Crippen molar-refractivity contribution >= 4 is 0 Å². The van der Waals surface area contributed by atoms with Crippen molar-refractivity contribution in [1.29, 1.82) is 0 Å². The van der Waals surface area contributed by atoms with E-state index in [-0.39, 0.29) is 46.3 Å². The van der Waals surface area contributed by atoms with Crippen LogP contribution in [0.2, 0.25) is 0 Å². The smallest absolute Gasteiger partial charge is 0.173 e. The largest absolute Gasteiger partial charge is 0.491 e. The maximum Gasteiger partial charge on any atom is 0.173 e. The van der Waals surface area contributed by atoms with E-state index in [1.165, 1.54) is 43.9 Å². The Morgan fingerprint density at radius 2 is 1.50 bits per heavy atom. The zero-order valence-electron chi connectivity index (χ0n) is 20.9. The van der Waals surface area contributed by atoms with Gasteiger partial charge >= 0.3 is 0 Å². The molecule has 3 aromatic rings. The first-order chi connectivity index (χ1) is 17.4. The molecule has 0 radical (unpaired) electrons. The summed E-state index contributed by atoms with van der Waals surface area (Å²) in [6.45, 7) is 4.20. The average Bonchev–Trinajstić information content (AvgIpc) is 2.86. The molecule has 190 valence electrons. The Morgan fingerprint density at radius 3 is 2.19 bits per heavy atom. The van der Waals surface area contributed by atoms with Gasteiger partial charge in [-0.15, -0.1) is 0 Å². The molecule has 0 spiro atoms. The molecule has 0 saturated heterocycles. The lowest BCUT2D eigenvalue weighted by molar-refractivity contribution is 0.299. The molecule has 0 atom stereocenters. The number of halogens is 4. The lowest BCUT2D eigenvalue weighted by atomic mass is 9.76. The monoisotopic (exact) mass is 496 g/mol. The van der Waals surface area contributed by atoms with E-state index in [1.807, 2.05) is 0 Å². The molecular formula is C31H32F4O. The quantitative estimate of drug-likeness (QED) is 0.174. The zero-order chi connectivity index (χ0) is 25.4. The molecule has 0 unspecified atom stereocenters. The zero-order valence-corrected chi connectivity index (χ0v) is 20.9. The minimum atomic E-state index is -1.12. The average molecular weight is 497 g/mol. The van der Waals surface area contributed by atoms with Gasteiger partial charge in [0, 0.05) is 16.7 Å². The molecule has 0 amide bonds. The molecule has 1 nitrogen and oxygen atoms in total. The summed E-state index contributed by atoms with van der Waals surface area (Å²) in [5, 5.41) is 0. The van der Waals surface area contributed by atoms with Crippen LogP contribution in [0.5, 0.6) is 5.75 Å². The van der Waals surface area contributed by atoms with Gasteiger partial charge in [0.25, 0.3) is 0 Å². The molecule has 1 saturated carbocycles. The second kappa shape index (κ2) is 10.3. The van der Waals surface area contributed by atoms with E-state index >= 15 is 13.2 Å². The molecule has 2 aliphatic carbocycles. The minimum absolute atomic E-state index is 0.0124. The predicted octanol–water partition coefficient (Wildman–Crippen LogP) is 9.81. The number of benzene rings is 3. The minimum Gasteiger partial charge on any atom is -0.491 e. The van der Waals surface area contributed by atoms with Gasteiger partial charge in [-0.2, -0.15) is 0 Å². The van der Waals surface area contributed by atoms with Crippen molar-refractivity contribution in [3.05, 3.63) is 65.2 Å². The Balaban J connectivity index is 1.38. The summed E-state index contributed by atoms with van der Waals surface area (Å²) in [5.41, 5.74) is 1.79. The van der Waals surface area contributed by atoms with Gasteiger partial charge in [0.05, 0.1) is 6.61 Å². The first-order valence-electron chi connectivity index (χ1n) is 13.2. The van der Waals surface area contributed by atoms with Gasteiger partial charge in [-0.3, -0.25) is 0 Å². The fraction of sp³-hybridized carbons (Fsp3) is 0.419. The topological polar surface area (TPSA) is 9.23 Å². The van der Waals surface area contributed by atoms with Crippen LogP contribution in [0.25, 0.3) is 33.4 Å². The summed E-state index contributed by atoms with van der Waals surface area (Å²) < 4.78 is 65.6. The number of rotatable bonds is 8. The molecule has 2 aliphatic rings. The maximum absolute atomic E-state index is 15.2. The molecule has 0 bridgehead atoms. The molecule has 0 aromatic heterocycles. The lowest BCUT2D eigenvalue weighted by Crippen LogP contribution is -2.14. The number of fused-ring (bicyclic) bond motifs is 4. The van der Waals surface area contributed by atoms with Crippen LogP contribution in [0.15, 0.2) is 36.4 Å². The third kappa shape index (κ3) is 4.31. The highest BCUT2D eigenvalue weighted by atomic mass is 19.2. The molecule has 0 N–H and O–H groups in total. The normalized spacial score (nSPS) is 18.4. The molecular weight excluding hydrogens is 464 g/mol. The Morgan fingerprint density at radius 1 is 0.750 bits per heavy atom. The first-order valence-corrected chi connectivity index (χ1v) is 13.2. The van der Waals surface area contributed by atoms with Gasteiger partial charge in [-0.05, 0) is 91.0 Å². The van der Waals surface area contributed by atoms with E-state index in [2.05, 4.69) is 6.92 Å². The Hall–Kier alpha value is -2.82. The summed E-state index contributed by atoms with van der Waals surface area (Å²) in [6.07, 6.45) is 9.16. The second-order valence-electron chi connectivity index (χ2n) is 10.2. The van der Waals surface area contributed by atoms with Crippen molar-refractivity contribution in [1.82, 2.24) is 0 Å². The van der Waals surface area contributed by atoms with Crippen LogP contribution in [0.1, 0.15) is 76.7 Å². The number of hydrogen-bond acceptors (Lipinski definition) is 1. The van der Waals surface area contributed by atoms with Crippen molar-refractivity contribution in [2.24, 2.45) is 5.92 Å². The molecule has 1 fully saturated rings. The van der Waals surface area contributed by atoms with Gasteiger partial charge in [-0.25, -0.2) is 17.6 Å². The number of unbranched alkanes of at least 4 members (excludes halogenated alkanes) is 2. The van der Waals surface area contributed by atoms with E-state index < -0.39 is 17.5 Å². The summed E-state index contributed by atoms with van der Waals surface area (Å²) in [4.78, 5) is 0. The van der Waals surface area contributed by atoms with Crippen LogP contribution in [-0.4, -0.2) is 6.61 Å². The second-order valence-corrected chi connectivity index (χ2v) is 10.2. The molecule has 3 aromatic carbocycles. The third-order valence-electron chi connectivity index (χ3n) is 7.97. The Bertz CT molecular complexity index is 1270. The van der Waals surface area contributed by atoms with Crippen molar-refractivity contribution in [3.63, 3.8) is 0 Å².